The van der Waals surface area contributed by atoms with E-state index in [4.69, 9.17) is 0 Å². The second-order valence-electron chi connectivity index (χ2n) is 0.455. The molecule has 0 aliphatic heterocycles. The van der Waals surface area contributed by atoms with Gasteiger partial charge in [-0.25, -0.2) is 5.11 Å². The zero-order valence-corrected chi connectivity index (χ0v) is 2.40. The molecule has 0 unspecified atom stereocenters. The van der Waals surface area contributed by atoms with Gasteiger partial charge >= 0.3 is 0 Å². The Kier molecular flexibility index (Phi) is 16.5. The van der Waals surface area contributed by atoms with Crippen LogP contribution >= 0.6 is 0 Å². The first-order chi connectivity index (χ1) is 1.91. The summed E-state index contributed by atoms with van der Waals surface area (Å²) in [5, 5.41) is 9.18. The molecule has 0 amide bonds. The smallest absolute Gasteiger partial charge is 0.100 e. The maximum atomic E-state index is 9.18. The van der Waals surface area contributed by atoms with Crippen LogP contribution in [0.3, 0.4) is 0 Å². The van der Waals surface area contributed by atoms with Crippen LogP contribution in [0.5, 0.6) is 0 Å². The maximum absolute atomic E-state index is 9.18. The van der Waals surface area contributed by atoms with Gasteiger partial charge in [0.25, 0.3) is 0 Å². The van der Waals surface area contributed by atoms with Crippen molar-refractivity contribution in [3.05, 3.63) is 12.7 Å². The molecule has 1 nitrogen and oxygen atoms in total. The molecule has 0 atom stereocenters. The van der Waals surface area contributed by atoms with E-state index in [1.54, 1.807) is 0 Å². The van der Waals surface area contributed by atoms with Crippen molar-refractivity contribution in [3.63, 3.8) is 0 Å². The molecule has 0 saturated carbocycles. The zero-order valence-electron chi connectivity index (χ0n) is 2.40. The fraction of sp³-hybridized carbons (Fsp3) is 0.500. The van der Waals surface area contributed by atoms with Crippen LogP contribution in [0, 0.1) is 0 Å². The average Bonchev–Trinajstić information content (AvgIpc) is 1.37. The quantitative estimate of drug-likeness (QED) is 0.416. The van der Waals surface area contributed by atoms with Crippen LogP contribution in [-0.4, -0.2) is 6.61 Å². The number of hydrogen-bond donors (Lipinski definition) is 0. The van der Waals surface area contributed by atoms with Crippen LogP contribution in [0.2, 0.25) is 0 Å². The van der Waals surface area contributed by atoms with Crippen LogP contribution < -0.4 is 0 Å². The Hall–Kier alpha value is -0.300. The molecule has 0 aromatic heterocycles. The van der Waals surface area contributed by atoms with Crippen molar-refractivity contribution >= 4 is 0 Å². The molecule has 0 bridgehead atoms. The Morgan fingerprint density at radius 2 is 2.00 bits per heavy atom. The van der Waals surface area contributed by atoms with E-state index in [1.165, 1.54) is 6.08 Å². The Balaban J connectivity index is 0. The molecule has 0 aliphatic rings. The first-order valence-corrected chi connectivity index (χ1v) is 1.11. The first kappa shape index (κ1) is 8.83. The van der Waals surface area contributed by atoms with E-state index in [0.29, 0.717) is 0 Å². The van der Waals surface area contributed by atoms with Crippen LogP contribution in [0.1, 0.15) is 7.43 Å². The Morgan fingerprint density at radius 1 is 1.80 bits per heavy atom. The molecule has 31 valence electrons. The van der Waals surface area contributed by atoms with Gasteiger partial charge in [0.05, 0.1) is 0 Å². The van der Waals surface area contributed by atoms with Crippen LogP contribution in [0.15, 0.2) is 12.7 Å². The Labute approximate surface area is 32.9 Å². The molecule has 0 N–H and O–H groups in total. The average molecular weight is 73.1 g/mol. The highest BCUT2D eigenvalue weighted by Gasteiger charge is 1.49. The second-order valence-corrected chi connectivity index (χ2v) is 0.455. The molecular weight excluding hydrogens is 64.0 g/mol. The second kappa shape index (κ2) is 9.33. The van der Waals surface area contributed by atoms with Crippen LogP contribution in [0.4, 0.5) is 0 Å². The van der Waals surface area contributed by atoms with E-state index in [2.05, 4.69) is 6.58 Å². The third kappa shape index (κ3) is 21.8. The molecular formula is C4H9O. The lowest BCUT2D eigenvalue weighted by Crippen LogP contribution is -1.58. The Bertz CT molecular complexity index is 17.6. The van der Waals surface area contributed by atoms with Gasteiger partial charge in [0.15, 0.2) is 0 Å². The van der Waals surface area contributed by atoms with Crippen molar-refractivity contribution < 1.29 is 5.11 Å². The van der Waals surface area contributed by atoms with E-state index in [0.717, 1.165) is 0 Å². The lowest BCUT2D eigenvalue weighted by Gasteiger charge is -1.54. The van der Waals surface area contributed by atoms with Gasteiger partial charge in [-0.1, -0.05) is 13.5 Å². The van der Waals surface area contributed by atoms with Crippen LogP contribution in [-0.2, 0) is 5.11 Å². The monoisotopic (exact) mass is 73.1 g/mol. The normalized spacial score (nSPS) is 5.00. The minimum Gasteiger partial charge on any atom is -0.232 e. The summed E-state index contributed by atoms with van der Waals surface area (Å²) in [6, 6.07) is 0. The summed E-state index contributed by atoms with van der Waals surface area (Å²) in [5.41, 5.74) is 0. The molecule has 0 fully saturated rings. The summed E-state index contributed by atoms with van der Waals surface area (Å²) in [6.45, 7) is 3.00. The van der Waals surface area contributed by atoms with Crippen molar-refractivity contribution in [1.29, 1.82) is 0 Å². The molecule has 1 radical (unpaired) electrons. The van der Waals surface area contributed by atoms with Gasteiger partial charge < -0.3 is 0 Å². The lowest BCUT2D eigenvalue weighted by molar-refractivity contribution is 0.232. The third-order valence-corrected chi connectivity index (χ3v) is 0.118. The summed E-state index contributed by atoms with van der Waals surface area (Å²) >= 11 is 0. The standard InChI is InChI=1S/C3H5O.CH4/c1-2-3-4;/h2H,1,3H2;1H4. The lowest BCUT2D eigenvalue weighted by atomic mass is 10.7. The minimum absolute atomic E-state index is 0. The molecule has 0 spiro atoms. The summed E-state index contributed by atoms with van der Waals surface area (Å²) in [4.78, 5) is 0. The Morgan fingerprint density at radius 3 is 2.00 bits per heavy atom. The molecule has 5 heavy (non-hydrogen) atoms. The largest absolute Gasteiger partial charge is 0.232 e. The SMILES string of the molecule is C.C=CC[O]. The van der Waals surface area contributed by atoms with Crippen molar-refractivity contribution in [3.8, 4) is 0 Å². The predicted molar refractivity (Wildman–Crippen MR) is 22.5 cm³/mol. The summed E-state index contributed by atoms with van der Waals surface area (Å²) in [6.07, 6.45) is 1.32. The van der Waals surface area contributed by atoms with E-state index in [-0.39, 0.29) is 14.0 Å². The molecule has 0 aromatic rings. The van der Waals surface area contributed by atoms with E-state index < -0.39 is 0 Å². The van der Waals surface area contributed by atoms with Gasteiger partial charge in [0.1, 0.15) is 6.61 Å². The van der Waals surface area contributed by atoms with Gasteiger partial charge in [-0.05, 0) is 0 Å². The molecule has 0 aromatic carbocycles. The van der Waals surface area contributed by atoms with Crippen molar-refractivity contribution in [2.45, 2.75) is 7.43 Å². The van der Waals surface area contributed by atoms with Gasteiger partial charge in [-0.2, -0.15) is 0 Å². The molecule has 0 saturated heterocycles. The fourth-order valence-electron chi connectivity index (χ4n) is 0. The van der Waals surface area contributed by atoms with Crippen molar-refractivity contribution in [2.24, 2.45) is 0 Å². The highest BCUT2D eigenvalue weighted by molar-refractivity contribution is 4.60. The van der Waals surface area contributed by atoms with Gasteiger partial charge in [0.2, 0.25) is 0 Å². The molecule has 0 aliphatic carbocycles. The predicted octanol–water partition coefficient (Wildman–Crippen LogP) is 1.24. The van der Waals surface area contributed by atoms with Crippen LogP contribution in [0.25, 0.3) is 0 Å². The minimum atomic E-state index is -0.167. The summed E-state index contributed by atoms with van der Waals surface area (Å²) in [5.74, 6) is 0. The van der Waals surface area contributed by atoms with Gasteiger partial charge in [-0.3, -0.25) is 0 Å². The van der Waals surface area contributed by atoms with E-state index >= 15 is 0 Å². The number of hydrogen-bond acceptors (Lipinski definition) is 0. The zero-order chi connectivity index (χ0) is 3.41. The van der Waals surface area contributed by atoms with E-state index in [1.807, 2.05) is 0 Å². The molecule has 0 rings (SSSR count). The molecule has 0 heterocycles. The first-order valence-electron chi connectivity index (χ1n) is 1.11. The van der Waals surface area contributed by atoms with Crippen molar-refractivity contribution in [1.82, 2.24) is 0 Å². The van der Waals surface area contributed by atoms with E-state index in [9.17, 15) is 5.11 Å². The highest BCUT2D eigenvalue weighted by Crippen LogP contribution is 1.48. The maximum Gasteiger partial charge on any atom is 0.100 e. The highest BCUT2D eigenvalue weighted by atomic mass is 16.2. The molecule has 1 heteroatoms. The topological polar surface area (TPSA) is 19.9 Å². The number of rotatable bonds is 1. The summed E-state index contributed by atoms with van der Waals surface area (Å²) in [7, 11) is 0. The van der Waals surface area contributed by atoms with Crippen molar-refractivity contribution in [2.75, 3.05) is 6.61 Å². The summed E-state index contributed by atoms with van der Waals surface area (Å²) < 4.78 is 0. The van der Waals surface area contributed by atoms with Gasteiger partial charge in [0, 0.05) is 0 Å². The fourth-order valence-corrected chi connectivity index (χ4v) is 0. The van der Waals surface area contributed by atoms with Gasteiger partial charge in [-0.15, -0.1) is 6.58 Å². The third-order valence-electron chi connectivity index (χ3n) is 0.118.